The number of hydrogen-bond acceptors (Lipinski definition) is 3. The molecule has 0 aromatic heterocycles. The van der Waals surface area contributed by atoms with Gasteiger partial charge >= 0.3 is 18.4 Å². The number of nitrogens with zero attached hydrogens (tertiary/aromatic N) is 1. The fourth-order valence-corrected chi connectivity index (χ4v) is 2.67. The summed E-state index contributed by atoms with van der Waals surface area (Å²) >= 11 is 8.27. The van der Waals surface area contributed by atoms with Crippen molar-refractivity contribution in [2.45, 2.75) is 32.5 Å². The maximum Gasteiger partial charge on any atom is 0.424 e. The van der Waals surface area contributed by atoms with E-state index in [9.17, 15) is 22.8 Å². The van der Waals surface area contributed by atoms with Crippen LogP contribution in [0.5, 0.6) is 0 Å². The molecule has 0 aliphatic carbocycles. The fraction of sp³-hybridized carbons (Fsp3) is 0.385. The Kier molecular flexibility index (Phi) is 5.58. The van der Waals surface area contributed by atoms with Gasteiger partial charge in [0.15, 0.2) is 0 Å². The quantitative estimate of drug-likeness (QED) is 0.650. The highest BCUT2D eigenvalue weighted by Gasteiger charge is 2.37. The third-order valence-corrected chi connectivity index (χ3v) is 3.26. The summed E-state index contributed by atoms with van der Waals surface area (Å²) in [7, 11) is 0. The summed E-state index contributed by atoms with van der Waals surface area (Å²) in [6.45, 7) is 4.54. The normalized spacial score (nSPS) is 12.0. The maximum absolute atomic E-state index is 12.8. The lowest BCUT2D eigenvalue weighted by Gasteiger charge is -2.25. The third-order valence-electron chi connectivity index (χ3n) is 2.34. The average Bonchev–Trinajstić information content (AvgIpc) is 2.21. The van der Waals surface area contributed by atoms with Crippen LogP contribution in [0.3, 0.4) is 0 Å². The number of halogens is 5. The van der Waals surface area contributed by atoms with E-state index in [0.717, 1.165) is 12.1 Å². The number of carbonyl (C=O) groups excluding carboxylic acids is 1. The lowest BCUT2D eigenvalue weighted by molar-refractivity contribution is -0.138. The summed E-state index contributed by atoms with van der Waals surface area (Å²) in [5, 5.41) is 8.40. The smallest absolute Gasteiger partial charge is 0.424 e. The second kappa shape index (κ2) is 6.56. The van der Waals surface area contributed by atoms with Crippen molar-refractivity contribution >= 4 is 45.4 Å². The second-order valence-electron chi connectivity index (χ2n) is 5.38. The standard InChI is InChI=1S/C13H12BrClF3NO4/c1-12(2,3)23-11(22)19(10(20)21)6-4-7(14)9(8(15)5-6)13(16,17)18/h4-5H,1-3H3,(H,20,21). The summed E-state index contributed by atoms with van der Waals surface area (Å²) in [5.74, 6) is 0. The van der Waals surface area contributed by atoms with Crippen molar-refractivity contribution in [3.63, 3.8) is 0 Å². The monoisotopic (exact) mass is 417 g/mol. The SMILES string of the molecule is CC(C)(C)OC(=O)N(C(=O)O)c1cc(Cl)c(C(F)(F)F)c(Br)c1. The fourth-order valence-electron chi connectivity index (χ4n) is 1.56. The van der Waals surface area contributed by atoms with Gasteiger partial charge in [-0.15, -0.1) is 0 Å². The summed E-state index contributed by atoms with van der Waals surface area (Å²) in [6, 6.07) is 1.56. The Morgan fingerprint density at radius 3 is 2.13 bits per heavy atom. The highest BCUT2D eigenvalue weighted by Crippen LogP contribution is 2.42. The van der Waals surface area contributed by atoms with Crippen LogP contribution in [-0.4, -0.2) is 22.9 Å². The minimum Gasteiger partial charge on any atom is -0.464 e. The third kappa shape index (κ3) is 5.00. The molecular weight excluding hydrogens is 406 g/mol. The van der Waals surface area contributed by atoms with Crippen molar-refractivity contribution in [3.05, 3.63) is 27.2 Å². The molecule has 0 spiro atoms. The first kappa shape index (κ1) is 19.6. The molecule has 0 aliphatic heterocycles. The molecule has 0 heterocycles. The first-order valence-electron chi connectivity index (χ1n) is 6.06. The molecule has 0 unspecified atom stereocenters. The van der Waals surface area contributed by atoms with E-state index >= 15 is 0 Å². The first-order valence-corrected chi connectivity index (χ1v) is 7.23. The van der Waals surface area contributed by atoms with Gasteiger partial charge in [0.05, 0.1) is 16.3 Å². The zero-order valence-corrected chi connectivity index (χ0v) is 14.5. The van der Waals surface area contributed by atoms with E-state index in [1.807, 2.05) is 0 Å². The number of ether oxygens (including phenoxy) is 1. The molecule has 1 aromatic carbocycles. The molecule has 0 bridgehead atoms. The van der Waals surface area contributed by atoms with Crippen LogP contribution in [0.15, 0.2) is 16.6 Å². The van der Waals surface area contributed by atoms with E-state index < -0.39 is 39.0 Å². The Balaban J connectivity index is 3.36. The Hall–Kier alpha value is -1.48. The maximum atomic E-state index is 12.8. The van der Waals surface area contributed by atoms with Crippen LogP contribution < -0.4 is 4.90 Å². The van der Waals surface area contributed by atoms with Crippen molar-refractivity contribution in [2.24, 2.45) is 0 Å². The Labute approximate surface area is 143 Å². The highest BCUT2D eigenvalue weighted by molar-refractivity contribution is 9.10. The molecule has 23 heavy (non-hydrogen) atoms. The number of alkyl halides is 3. The number of carboxylic acid groups (broad SMARTS) is 1. The number of amides is 2. The highest BCUT2D eigenvalue weighted by atomic mass is 79.9. The summed E-state index contributed by atoms with van der Waals surface area (Å²) in [4.78, 5) is 23.4. The number of benzene rings is 1. The van der Waals surface area contributed by atoms with E-state index in [4.69, 9.17) is 21.4 Å². The van der Waals surface area contributed by atoms with E-state index in [1.165, 1.54) is 20.8 Å². The van der Waals surface area contributed by atoms with Gasteiger partial charge in [-0.1, -0.05) is 27.5 Å². The van der Waals surface area contributed by atoms with Crippen LogP contribution in [-0.2, 0) is 10.9 Å². The predicted molar refractivity (Wildman–Crippen MR) is 80.9 cm³/mol. The Morgan fingerprint density at radius 2 is 1.78 bits per heavy atom. The molecule has 5 nitrogen and oxygen atoms in total. The molecule has 10 heteroatoms. The summed E-state index contributed by atoms with van der Waals surface area (Å²) in [6.07, 6.45) is -7.72. The Bertz CT molecular complexity index is 620. The second-order valence-corrected chi connectivity index (χ2v) is 6.64. The van der Waals surface area contributed by atoms with Crippen LogP contribution in [0.25, 0.3) is 0 Å². The van der Waals surface area contributed by atoms with Crippen LogP contribution in [0.1, 0.15) is 26.3 Å². The van der Waals surface area contributed by atoms with Crippen molar-refractivity contribution in [1.82, 2.24) is 0 Å². The molecule has 0 aliphatic rings. The summed E-state index contributed by atoms with van der Waals surface area (Å²) in [5.41, 5.74) is -2.54. The zero-order valence-electron chi connectivity index (χ0n) is 12.2. The van der Waals surface area contributed by atoms with Gasteiger partial charge in [0.25, 0.3) is 0 Å². The van der Waals surface area contributed by atoms with Crippen LogP contribution in [0.4, 0.5) is 28.4 Å². The molecule has 1 rings (SSSR count). The average molecular weight is 419 g/mol. The molecule has 1 N–H and O–H groups in total. The first-order chi connectivity index (χ1) is 10.2. The zero-order chi connectivity index (χ0) is 18.2. The predicted octanol–water partition coefficient (Wildman–Crippen LogP) is 5.54. The van der Waals surface area contributed by atoms with E-state index in [1.54, 1.807) is 0 Å². The summed E-state index contributed by atoms with van der Waals surface area (Å²) < 4.78 is 43.0. The molecule has 1 aromatic rings. The molecule has 0 fully saturated rings. The molecule has 0 radical (unpaired) electrons. The van der Waals surface area contributed by atoms with Crippen molar-refractivity contribution in [2.75, 3.05) is 4.90 Å². The molecular formula is C13H12BrClF3NO4. The van der Waals surface area contributed by atoms with Crippen LogP contribution in [0.2, 0.25) is 5.02 Å². The lowest BCUT2D eigenvalue weighted by atomic mass is 10.2. The van der Waals surface area contributed by atoms with Crippen LogP contribution >= 0.6 is 27.5 Å². The molecule has 128 valence electrons. The largest absolute Gasteiger partial charge is 0.464 e. The minimum atomic E-state index is -4.74. The molecule has 0 saturated carbocycles. The van der Waals surface area contributed by atoms with E-state index in [0.29, 0.717) is 0 Å². The topological polar surface area (TPSA) is 66.8 Å². The number of hydrogen-bond donors (Lipinski definition) is 1. The van der Waals surface area contributed by atoms with Gasteiger partial charge in [-0.05, 0) is 32.9 Å². The van der Waals surface area contributed by atoms with Gasteiger partial charge in [-0.2, -0.15) is 18.1 Å². The lowest BCUT2D eigenvalue weighted by Crippen LogP contribution is -2.40. The minimum absolute atomic E-state index is 0.169. The van der Waals surface area contributed by atoms with Crippen LogP contribution in [0, 0.1) is 0 Å². The van der Waals surface area contributed by atoms with Gasteiger partial charge in [0, 0.05) is 4.47 Å². The Morgan fingerprint density at radius 1 is 1.26 bits per heavy atom. The molecule has 2 amide bonds. The van der Waals surface area contributed by atoms with Crippen molar-refractivity contribution in [1.29, 1.82) is 0 Å². The van der Waals surface area contributed by atoms with Crippen molar-refractivity contribution < 1.29 is 32.6 Å². The molecule has 0 atom stereocenters. The van der Waals surface area contributed by atoms with Crippen molar-refractivity contribution in [3.8, 4) is 0 Å². The molecule has 0 saturated heterocycles. The van der Waals surface area contributed by atoms with Gasteiger partial charge in [-0.3, -0.25) is 0 Å². The van der Waals surface area contributed by atoms with E-state index in [2.05, 4.69) is 15.9 Å². The van der Waals surface area contributed by atoms with Gasteiger partial charge in [0.2, 0.25) is 0 Å². The number of imide groups is 1. The number of anilines is 1. The number of rotatable bonds is 1. The van der Waals surface area contributed by atoms with Gasteiger partial charge in [-0.25, -0.2) is 9.59 Å². The van der Waals surface area contributed by atoms with E-state index in [-0.39, 0.29) is 10.6 Å². The van der Waals surface area contributed by atoms with Gasteiger partial charge in [0.1, 0.15) is 5.60 Å². The van der Waals surface area contributed by atoms with Gasteiger partial charge < -0.3 is 9.84 Å². The number of carbonyl (C=O) groups is 2.